The van der Waals surface area contributed by atoms with E-state index in [0.29, 0.717) is 5.92 Å². The molecule has 1 fully saturated rings. The summed E-state index contributed by atoms with van der Waals surface area (Å²) in [6.45, 7) is 4.71. The molecule has 0 saturated carbocycles. The molecule has 70 valence electrons. The SMILES string of the molecule is COCC1CCN(B(C)O)CC1. The first-order valence-electron chi connectivity index (χ1n) is 4.65. The molecule has 1 aliphatic heterocycles. The van der Waals surface area contributed by atoms with Gasteiger partial charge in [0, 0.05) is 13.7 Å². The Morgan fingerprint density at radius 2 is 2.08 bits per heavy atom. The van der Waals surface area contributed by atoms with E-state index in [-0.39, 0.29) is 7.05 Å². The maximum Gasteiger partial charge on any atom is 0.376 e. The summed E-state index contributed by atoms with van der Waals surface area (Å²) in [5.41, 5.74) is 0. The largest absolute Gasteiger partial charge is 0.437 e. The smallest absolute Gasteiger partial charge is 0.376 e. The third-order valence-corrected chi connectivity index (χ3v) is 2.58. The number of hydrogen-bond donors (Lipinski definition) is 1. The summed E-state index contributed by atoms with van der Waals surface area (Å²) in [6.07, 6.45) is 2.30. The van der Waals surface area contributed by atoms with Crippen molar-refractivity contribution in [3.05, 3.63) is 0 Å². The standard InChI is InChI=1S/C8H18BNO2/c1-9(11)10-5-3-8(4-6-10)7-12-2/h8,11H,3-7H2,1-2H3. The average Bonchev–Trinajstić information content (AvgIpc) is 2.06. The molecule has 0 unspecified atom stereocenters. The van der Waals surface area contributed by atoms with Crippen LogP contribution in [0.5, 0.6) is 0 Å². The van der Waals surface area contributed by atoms with Crippen molar-refractivity contribution in [3.63, 3.8) is 0 Å². The summed E-state index contributed by atoms with van der Waals surface area (Å²) in [7, 11) is 1.47. The Morgan fingerprint density at radius 3 is 2.50 bits per heavy atom. The molecule has 1 saturated heterocycles. The van der Waals surface area contributed by atoms with Gasteiger partial charge in [-0.2, -0.15) is 0 Å². The summed E-state index contributed by atoms with van der Waals surface area (Å²) in [6, 6.07) is 0. The second kappa shape index (κ2) is 4.85. The Balaban J connectivity index is 2.20. The first-order chi connectivity index (χ1) is 5.74. The molecule has 0 atom stereocenters. The molecular weight excluding hydrogens is 153 g/mol. The van der Waals surface area contributed by atoms with E-state index < -0.39 is 0 Å². The Bertz CT molecular complexity index is 124. The molecule has 4 heteroatoms. The van der Waals surface area contributed by atoms with E-state index in [1.54, 1.807) is 7.11 Å². The van der Waals surface area contributed by atoms with Crippen LogP contribution in [-0.2, 0) is 4.74 Å². The van der Waals surface area contributed by atoms with Gasteiger partial charge in [-0.25, -0.2) is 0 Å². The van der Waals surface area contributed by atoms with Gasteiger partial charge in [0.05, 0.1) is 0 Å². The van der Waals surface area contributed by atoms with Gasteiger partial charge in [0.15, 0.2) is 0 Å². The lowest BCUT2D eigenvalue weighted by molar-refractivity contribution is 0.117. The maximum atomic E-state index is 9.29. The zero-order valence-corrected chi connectivity index (χ0v) is 7.99. The summed E-state index contributed by atoms with van der Waals surface area (Å²) in [5, 5.41) is 9.29. The summed E-state index contributed by atoms with van der Waals surface area (Å²) in [5.74, 6) is 0.699. The van der Waals surface area contributed by atoms with Gasteiger partial charge in [-0.3, -0.25) is 0 Å². The zero-order valence-electron chi connectivity index (χ0n) is 7.99. The highest BCUT2D eigenvalue weighted by Crippen LogP contribution is 2.17. The van der Waals surface area contributed by atoms with E-state index in [0.717, 1.165) is 32.5 Å². The second-order valence-corrected chi connectivity index (χ2v) is 3.57. The minimum absolute atomic E-state index is 0.284. The van der Waals surface area contributed by atoms with Crippen LogP contribution in [0.4, 0.5) is 0 Å². The number of piperidine rings is 1. The van der Waals surface area contributed by atoms with E-state index in [4.69, 9.17) is 4.74 Å². The lowest BCUT2D eigenvalue weighted by Crippen LogP contribution is -2.43. The molecule has 1 N–H and O–H groups in total. The molecule has 0 aromatic carbocycles. The van der Waals surface area contributed by atoms with Gasteiger partial charge in [0.25, 0.3) is 0 Å². The minimum Gasteiger partial charge on any atom is -0.437 e. The van der Waals surface area contributed by atoms with Crippen LogP contribution in [0.3, 0.4) is 0 Å². The Kier molecular flexibility index (Phi) is 4.05. The monoisotopic (exact) mass is 171 g/mol. The number of nitrogens with zero attached hydrogens (tertiary/aromatic N) is 1. The van der Waals surface area contributed by atoms with Gasteiger partial charge < -0.3 is 14.6 Å². The third kappa shape index (κ3) is 2.77. The van der Waals surface area contributed by atoms with Crippen molar-refractivity contribution in [2.75, 3.05) is 26.8 Å². The molecule has 0 radical (unpaired) electrons. The van der Waals surface area contributed by atoms with Gasteiger partial charge >= 0.3 is 7.05 Å². The quantitative estimate of drug-likeness (QED) is 0.626. The first-order valence-corrected chi connectivity index (χ1v) is 4.65. The van der Waals surface area contributed by atoms with Crippen LogP contribution in [0.15, 0.2) is 0 Å². The highest BCUT2D eigenvalue weighted by atomic mass is 16.5. The van der Waals surface area contributed by atoms with Crippen LogP contribution >= 0.6 is 0 Å². The van der Waals surface area contributed by atoms with Crippen LogP contribution in [0.2, 0.25) is 6.82 Å². The molecule has 0 aromatic heterocycles. The number of methoxy groups -OCH3 is 1. The van der Waals surface area contributed by atoms with Crippen LogP contribution in [-0.4, -0.2) is 43.7 Å². The number of hydrogen-bond acceptors (Lipinski definition) is 3. The van der Waals surface area contributed by atoms with E-state index in [9.17, 15) is 5.02 Å². The van der Waals surface area contributed by atoms with E-state index >= 15 is 0 Å². The molecule has 3 nitrogen and oxygen atoms in total. The molecule has 1 aliphatic rings. The Morgan fingerprint density at radius 1 is 1.50 bits per heavy atom. The topological polar surface area (TPSA) is 32.7 Å². The molecule has 0 aliphatic carbocycles. The van der Waals surface area contributed by atoms with E-state index in [1.165, 1.54) is 0 Å². The molecule has 12 heavy (non-hydrogen) atoms. The highest BCUT2D eigenvalue weighted by molar-refractivity contribution is 6.45. The second-order valence-electron chi connectivity index (χ2n) is 3.57. The van der Waals surface area contributed by atoms with E-state index in [1.807, 2.05) is 6.82 Å². The average molecular weight is 171 g/mol. The predicted octanol–water partition coefficient (Wildman–Crippen LogP) is 0.455. The van der Waals surface area contributed by atoms with Gasteiger partial charge in [0.2, 0.25) is 0 Å². The summed E-state index contributed by atoms with van der Waals surface area (Å²) in [4.78, 5) is 2.10. The summed E-state index contributed by atoms with van der Waals surface area (Å²) < 4.78 is 5.10. The lowest BCUT2D eigenvalue weighted by Gasteiger charge is -2.32. The number of rotatable bonds is 3. The lowest BCUT2D eigenvalue weighted by atomic mass is 9.81. The molecular formula is C8H18BNO2. The predicted molar refractivity (Wildman–Crippen MR) is 50.0 cm³/mol. The zero-order chi connectivity index (χ0) is 8.97. The fraction of sp³-hybridized carbons (Fsp3) is 1.00. The maximum absolute atomic E-state index is 9.29. The normalized spacial score (nSPS) is 21.2. The highest BCUT2D eigenvalue weighted by Gasteiger charge is 2.23. The summed E-state index contributed by atoms with van der Waals surface area (Å²) >= 11 is 0. The van der Waals surface area contributed by atoms with Crippen molar-refractivity contribution < 1.29 is 9.76 Å². The van der Waals surface area contributed by atoms with Crippen molar-refractivity contribution >= 4 is 7.05 Å². The molecule has 0 amide bonds. The van der Waals surface area contributed by atoms with Gasteiger partial charge in [0.1, 0.15) is 0 Å². The van der Waals surface area contributed by atoms with Crippen LogP contribution in [0.25, 0.3) is 0 Å². The van der Waals surface area contributed by atoms with Crippen molar-refractivity contribution in [2.24, 2.45) is 5.92 Å². The molecule has 1 heterocycles. The molecule has 0 aromatic rings. The van der Waals surface area contributed by atoms with Crippen LogP contribution < -0.4 is 0 Å². The van der Waals surface area contributed by atoms with E-state index in [2.05, 4.69) is 4.81 Å². The van der Waals surface area contributed by atoms with Gasteiger partial charge in [-0.05, 0) is 38.7 Å². The fourth-order valence-electron chi connectivity index (χ4n) is 1.73. The van der Waals surface area contributed by atoms with Gasteiger partial charge in [-0.15, -0.1) is 0 Å². The van der Waals surface area contributed by atoms with Crippen LogP contribution in [0.1, 0.15) is 12.8 Å². The first kappa shape index (κ1) is 10.0. The molecule has 0 bridgehead atoms. The minimum atomic E-state index is -0.284. The van der Waals surface area contributed by atoms with Gasteiger partial charge in [-0.1, -0.05) is 0 Å². The fourth-order valence-corrected chi connectivity index (χ4v) is 1.73. The van der Waals surface area contributed by atoms with Crippen molar-refractivity contribution in [1.29, 1.82) is 0 Å². The van der Waals surface area contributed by atoms with Crippen molar-refractivity contribution in [3.8, 4) is 0 Å². The van der Waals surface area contributed by atoms with Crippen molar-refractivity contribution in [2.45, 2.75) is 19.7 Å². The Hall–Kier alpha value is -0.0551. The molecule has 1 rings (SSSR count). The van der Waals surface area contributed by atoms with Crippen molar-refractivity contribution in [1.82, 2.24) is 4.81 Å². The Labute approximate surface area is 74.8 Å². The molecule has 0 spiro atoms. The third-order valence-electron chi connectivity index (χ3n) is 2.58. The van der Waals surface area contributed by atoms with Crippen LogP contribution in [0, 0.1) is 5.92 Å². The number of ether oxygens (including phenoxy) is 1.